The summed E-state index contributed by atoms with van der Waals surface area (Å²) in [6.45, 7) is 1.90. The first-order valence-electron chi connectivity index (χ1n) is 3.86. The number of nitrogens with two attached hydrogens (primary N) is 1. The van der Waals surface area contributed by atoms with Crippen LogP contribution < -0.4 is 5.90 Å². The van der Waals surface area contributed by atoms with Crippen LogP contribution >= 0.6 is 0 Å². The lowest BCUT2D eigenvalue weighted by atomic mass is 10.1. The lowest BCUT2D eigenvalue weighted by Gasteiger charge is -2.07. The third-order valence-electron chi connectivity index (χ3n) is 1.69. The summed E-state index contributed by atoms with van der Waals surface area (Å²) < 4.78 is 0. The smallest absolute Gasteiger partial charge is 0.115 e. The van der Waals surface area contributed by atoms with Crippen LogP contribution in [-0.4, -0.2) is 11.2 Å². The number of phenols is 1. The summed E-state index contributed by atoms with van der Waals surface area (Å²) in [6.07, 6.45) is 0.770. The van der Waals surface area contributed by atoms with Crippen molar-refractivity contribution < 1.29 is 9.94 Å². The van der Waals surface area contributed by atoms with E-state index in [4.69, 9.17) is 11.0 Å². The number of rotatable bonds is 3. The Morgan fingerprint density at radius 2 is 2.00 bits per heavy atom. The van der Waals surface area contributed by atoms with E-state index in [2.05, 4.69) is 4.84 Å². The predicted octanol–water partition coefficient (Wildman–Crippen LogP) is 1.21. The van der Waals surface area contributed by atoms with E-state index >= 15 is 0 Å². The maximum absolute atomic E-state index is 8.99. The monoisotopic (exact) mass is 167 g/mol. The quantitative estimate of drug-likeness (QED) is 0.665. The summed E-state index contributed by atoms with van der Waals surface area (Å²) in [5.41, 5.74) is 1.10. The zero-order chi connectivity index (χ0) is 8.97. The first-order valence-corrected chi connectivity index (χ1v) is 3.86. The van der Waals surface area contributed by atoms with Crippen molar-refractivity contribution in [2.45, 2.75) is 19.4 Å². The molecule has 1 unspecified atom stereocenters. The summed E-state index contributed by atoms with van der Waals surface area (Å²) in [4.78, 5) is 4.62. The van der Waals surface area contributed by atoms with Gasteiger partial charge in [0.15, 0.2) is 0 Å². The second-order valence-corrected chi connectivity index (χ2v) is 2.82. The second-order valence-electron chi connectivity index (χ2n) is 2.82. The van der Waals surface area contributed by atoms with Crippen LogP contribution in [0.15, 0.2) is 24.3 Å². The minimum Gasteiger partial charge on any atom is -0.508 e. The van der Waals surface area contributed by atoms with Crippen molar-refractivity contribution in [3.63, 3.8) is 0 Å². The van der Waals surface area contributed by atoms with E-state index < -0.39 is 0 Å². The molecule has 0 spiro atoms. The van der Waals surface area contributed by atoms with E-state index in [0.29, 0.717) is 0 Å². The highest BCUT2D eigenvalue weighted by atomic mass is 16.6. The molecule has 0 bridgehead atoms. The fourth-order valence-corrected chi connectivity index (χ4v) is 1.01. The van der Waals surface area contributed by atoms with Crippen LogP contribution in [0.3, 0.4) is 0 Å². The van der Waals surface area contributed by atoms with Gasteiger partial charge >= 0.3 is 0 Å². The molecule has 0 heterocycles. The molecule has 0 saturated carbocycles. The lowest BCUT2D eigenvalue weighted by Crippen LogP contribution is -2.15. The van der Waals surface area contributed by atoms with Gasteiger partial charge in [-0.3, -0.25) is 0 Å². The van der Waals surface area contributed by atoms with Gasteiger partial charge in [-0.25, -0.2) is 5.90 Å². The molecule has 0 aliphatic rings. The van der Waals surface area contributed by atoms with Gasteiger partial charge in [0.25, 0.3) is 0 Å². The molecule has 0 aromatic heterocycles. The van der Waals surface area contributed by atoms with E-state index in [1.54, 1.807) is 12.1 Å². The second kappa shape index (κ2) is 4.09. The fourth-order valence-electron chi connectivity index (χ4n) is 1.01. The molecule has 0 aliphatic heterocycles. The molecular weight excluding hydrogens is 154 g/mol. The summed E-state index contributed by atoms with van der Waals surface area (Å²) in [6, 6.07) is 7.01. The Hall–Kier alpha value is -1.06. The first kappa shape index (κ1) is 9.03. The minimum atomic E-state index is 0.00884. The van der Waals surface area contributed by atoms with Gasteiger partial charge in [0.05, 0.1) is 6.10 Å². The SMILES string of the molecule is CC(Cc1ccc(O)cc1)ON. The lowest BCUT2D eigenvalue weighted by molar-refractivity contribution is 0.0670. The van der Waals surface area contributed by atoms with Crippen LogP contribution in [-0.2, 0) is 11.3 Å². The number of hydrogen-bond acceptors (Lipinski definition) is 3. The number of phenolic OH excluding ortho intramolecular Hbond substituents is 1. The summed E-state index contributed by atoms with van der Waals surface area (Å²) >= 11 is 0. The molecule has 0 fully saturated rings. The Balaban J connectivity index is 2.58. The van der Waals surface area contributed by atoms with Gasteiger partial charge in [-0.1, -0.05) is 12.1 Å². The molecular formula is C9H13NO2. The topological polar surface area (TPSA) is 55.5 Å². The fraction of sp³-hybridized carbons (Fsp3) is 0.333. The van der Waals surface area contributed by atoms with E-state index in [1.165, 1.54) is 0 Å². The standard InChI is InChI=1S/C9H13NO2/c1-7(12-10)6-8-2-4-9(11)5-3-8/h2-5,7,11H,6,10H2,1H3. The molecule has 3 heteroatoms. The van der Waals surface area contributed by atoms with Gasteiger partial charge < -0.3 is 9.94 Å². The van der Waals surface area contributed by atoms with Gasteiger partial charge in [0.2, 0.25) is 0 Å². The Labute approximate surface area is 71.7 Å². The Bertz CT molecular complexity index is 233. The average molecular weight is 167 g/mol. The molecule has 0 amide bonds. The largest absolute Gasteiger partial charge is 0.508 e. The van der Waals surface area contributed by atoms with Crippen LogP contribution in [0.1, 0.15) is 12.5 Å². The van der Waals surface area contributed by atoms with Gasteiger partial charge in [0.1, 0.15) is 5.75 Å². The summed E-state index contributed by atoms with van der Waals surface area (Å²) in [5.74, 6) is 5.28. The van der Waals surface area contributed by atoms with E-state index in [1.807, 2.05) is 19.1 Å². The van der Waals surface area contributed by atoms with Crippen molar-refractivity contribution in [3.05, 3.63) is 29.8 Å². The first-order chi connectivity index (χ1) is 5.72. The van der Waals surface area contributed by atoms with E-state index in [9.17, 15) is 0 Å². The number of aromatic hydroxyl groups is 1. The molecule has 0 saturated heterocycles. The van der Waals surface area contributed by atoms with Gasteiger partial charge in [-0.15, -0.1) is 0 Å². The molecule has 1 atom stereocenters. The number of hydrogen-bond donors (Lipinski definition) is 2. The highest BCUT2D eigenvalue weighted by Crippen LogP contribution is 2.11. The van der Waals surface area contributed by atoms with Crippen LogP contribution in [0.25, 0.3) is 0 Å². The van der Waals surface area contributed by atoms with Gasteiger partial charge in [-0.05, 0) is 24.6 Å². The van der Waals surface area contributed by atoms with E-state index in [0.717, 1.165) is 12.0 Å². The van der Waals surface area contributed by atoms with E-state index in [-0.39, 0.29) is 11.9 Å². The van der Waals surface area contributed by atoms with Crippen LogP contribution in [0.5, 0.6) is 5.75 Å². The minimum absolute atomic E-state index is 0.00884. The van der Waals surface area contributed by atoms with Crippen molar-refractivity contribution in [2.75, 3.05) is 0 Å². The van der Waals surface area contributed by atoms with Crippen LogP contribution in [0, 0.1) is 0 Å². The molecule has 1 rings (SSSR count). The molecule has 0 aliphatic carbocycles. The Kier molecular flexibility index (Phi) is 3.08. The maximum Gasteiger partial charge on any atom is 0.115 e. The highest BCUT2D eigenvalue weighted by Gasteiger charge is 2.01. The molecule has 66 valence electrons. The molecule has 12 heavy (non-hydrogen) atoms. The van der Waals surface area contributed by atoms with Crippen molar-refractivity contribution in [1.82, 2.24) is 0 Å². The third kappa shape index (κ3) is 2.53. The van der Waals surface area contributed by atoms with Crippen molar-refractivity contribution in [1.29, 1.82) is 0 Å². The van der Waals surface area contributed by atoms with Crippen molar-refractivity contribution in [3.8, 4) is 5.75 Å². The summed E-state index contributed by atoms with van der Waals surface area (Å²) in [7, 11) is 0. The van der Waals surface area contributed by atoms with Crippen LogP contribution in [0.4, 0.5) is 0 Å². The summed E-state index contributed by atoms with van der Waals surface area (Å²) in [5, 5.41) is 8.99. The zero-order valence-corrected chi connectivity index (χ0v) is 7.03. The van der Waals surface area contributed by atoms with Crippen LogP contribution in [0.2, 0.25) is 0 Å². The van der Waals surface area contributed by atoms with Gasteiger partial charge in [0, 0.05) is 6.42 Å². The molecule has 0 radical (unpaired) electrons. The maximum atomic E-state index is 8.99. The van der Waals surface area contributed by atoms with Crippen molar-refractivity contribution in [2.24, 2.45) is 5.90 Å². The van der Waals surface area contributed by atoms with Gasteiger partial charge in [-0.2, -0.15) is 0 Å². The molecule has 3 nitrogen and oxygen atoms in total. The van der Waals surface area contributed by atoms with Crippen molar-refractivity contribution >= 4 is 0 Å². The average Bonchev–Trinajstić information content (AvgIpc) is 2.09. The Morgan fingerprint density at radius 3 is 2.50 bits per heavy atom. The third-order valence-corrected chi connectivity index (χ3v) is 1.69. The molecule has 1 aromatic carbocycles. The molecule has 1 aromatic rings. The Morgan fingerprint density at radius 1 is 1.42 bits per heavy atom. The predicted molar refractivity (Wildman–Crippen MR) is 46.5 cm³/mol. The molecule has 3 N–H and O–H groups in total. The highest BCUT2D eigenvalue weighted by molar-refractivity contribution is 5.26. The number of benzene rings is 1. The zero-order valence-electron chi connectivity index (χ0n) is 7.03. The normalized spacial score (nSPS) is 12.8.